The highest BCUT2D eigenvalue weighted by atomic mass is 32.2. The van der Waals surface area contributed by atoms with Gasteiger partial charge in [0.1, 0.15) is 0 Å². The maximum atomic E-state index is 12.6. The van der Waals surface area contributed by atoms with E-state index in [1.807, 2.05) is 54.6 Å². The van der Waals surface area contributed by atoms with Gasteiger partial charge in [-0.1, -0.05) is 54.2 Å². The molecule has 0 radical (unpaired) electrons. The number of aromatic nitrogens is 2. The summed E-state index contributed by atoms with van der Waals surface area (Å²) in [7, 11) is 0. The Labute approximate surface area is 137 Å². The van der Waals surface area contributed by atoms with Crippen molar-refractivity contribution in [3.05, 3.63) is 65.7 Å². The lowest BCUT2D eigenvalue weighted by atomic mass is 9.90. The number of fused-ring (bicyclic) bond motifs is 1. The van der Waals surface area contributed by atoms with E-state index >= 15 is 0 Å². The molecule has 5 heteroatoms. The minimum Gasteiger partial charge on any atom is -0.333 e. The Balaban J connectivity index is 1.54. The van der Waals surface area contributed by atoms with Crippen LogP contribution in [0.5, 0.6) is 0 Å². The van der Waals surface area contributed by atoms with Crippen LogP contribution in [0.4, 0.5) is 0 Å². The van der Waals surface area contributed by atoms with Crippen molar-refractivity contribution in [1.82, 2.24) is 10.1 Å². The molecular weight excluding hydrogens is 308 g/mol. The summed E-state index contributed by atoms with van der Waals surface area (Å²) in [5.74, 6) is 0.639. The van der Waals surface area contributed by atoms with Gasteiger partial charge >= 0.3 is 0 Å². The van der Waals surface area contributed by atoms with Crippen molar-refractivity contribution in [3.8, 4) is 11.5 Å². The topological polar surface area (TPSA) is 56.0 Å². The number of carbonyl (C=O) groups is 1. The monoisotopic (exact) mass is 322 g/mol. The van der Waals surface area contributed by atoms with Gasteiger partial charge in [0.15, 0.2) is 5.78 Å². The standard InChI is InChI=1S/C18H14N2O2S/c21-16-14-9-5-4-6-12(14)10-11-15(16)23-18-19-17(22-20-18)13-7-2-1-3-8-13/h1-9,15H,10-11H2/t15-/m1/s1. The second-order valence-corrected chi connectivity index (χ2v) is 6.58. The van der Waals surface area contributed by atoms with E-state index in [4.69, 9.17) is 4.52 Å². The summed E-state index contributed by atoms with van der Waals surface area (Å²) in [4.78, 5) is 17.0. The lowest BCUT2D eigenvalue weighted by molar-refractivity contribution is 0.0979. The third kappa shape index (κ3) is 2.80. The number of Topliss-reactive ketones (excluding diaryl/α,β-unsaturated/α-hetero) is 1. The SMILES string of the molecule is O=C1c2ccccc2CC[C@H]1Sc1noc(-c2ccccc2)n1. The Morgan fingerprint density at radius 2 is 1.83 bits per heavy atom. The summed E-state index contributed by atoms with van der Waals surface area (Å²) in [5, 5.41) is 4.37. The van der Waals surface area contributed by atoms with Crippen molar-refractivity contribution in [2.24, 2.45) is 0 Å². The molecule has 1 aliphatic carbocycles. The molecule has 0 N–H and O–H groups in total. The van der Waals surface area contributed by atoms with Crippen LogP contribution in [0.15, 0.2) is 64.3 Å². The number of rotatable bonds is 3. The summed E-state index contributed by atoms with van der Waals surface area (Å²) in [6.07, 6.45) is 1.71. The van der Waals surface area contributed by atoms with Gasteiger partial charge in [-0.15, -0.1) is 0 Å². The van der Waals surface area contributed by atoms with Crippen LogP contribution in [-0.2, 0) is 6.42 Å². The highest BCUT2D eigenvalue weighted by molar-refractivity contribution is 8.00. The number of ketones is 1. The van der Waals surface area contributed by atoms with Gasteiger partial charge in [0.25, 0.3) is 5.89 Å². The van der Waals surface area contributed by atoms with Crippen molar-refractivity contribution in [2.75, 3.05) is 0 Å². The van der Waals surface area contributed by atoms with Crippen LogP contribution in [0.2, 0.25) is 0 Å². The minimum absolute atomic E-state index is 0.147. The molecule has 0 fully saturated rings. The molecule has 0 spiro atoms. The van der Waals surface area contributed by atoms with E-state index in [-0.39, 0.29) is 11.0 Å². The second kappa shape index (κ2) is 6.01. The Morgan fingerprint density at radius 1 is 1.04 bits per heavy atom. The van der Waals surface area contributed by atoms with Gasteiger partial charge in [-0.3, -0.25) is 4.79 Å². The molecule has 3 aromatic rings. The van der Waals surface area contributed by atoms with Crippen LogP contribution in [0.25, 0.3) is 11.5 Å². The Kier molecular flexibility index (Phi) is 3.71. The first-order chi connectivity index (χ1) is 11.3. The van der Waals surface area contributed by atoms with Crippen LogP contribution in [-0.4, -0.2) is 21.2 Å². The number of hydrogen-bond acceptors (Lipinski definition) is 5. The zero-order chi connectivity index (χ0) is 15.6. The molecule has 1 atom stereocenters. The highest BCUT2D eigenvalue weighted by Gasteiger charge is 2.29. The molecule has 0 bridgehead atoms. The Hall–Kier alpha value is -2.40. The zero-order valence-corrected chi connectivity index (χ0v) is 13.1. The van der Waals surface area contributed by atoms with Gasteiger partial charge in [-0.05, 0) is 35.7 Å². The van der Waals surface area contributed by atoms with Crippen LogP contribution in [0.1, 0.15) is 22.3 Å². The summed E-state index contributed by atoms with van der Waals surface area (Å²) in [6.45, 7) is 0. The fourth-order valence-electron chi connectivity index (χ4n) is 2.77. The lowest BCUT2D eigenvalue weighted by Crippen LogP contribution is -2.24. The van der Waals surface area contributed by atoms with Gasteiger partial charge in [-0.2, -0.15) is 4.98 Å². The average molecular weight is 322 g/mol. The quantitative estimate of drug-likeness (QED) is 0.729. The van der Waals surface area contributed by atoms with E-state index in [0.717, 1.165) is 29.5 Å². The average Bonchev–Trinajstić information content (AvgIpc) is 3.07. The van der Waals surface area contributed by atoms with E-state index < -0.39 is 0 Å². The predicted molar refractivity (Wildman–Crippen MR) is 88.5 cm³/mol. The van der Waals surface area contributed by atoms with Gasteiger partial charge < -0.3 is 4.52 Å². The minimum atomic E-state index is -0.147. The highest BCUT2D eigenvalue weighted by Crippen LogP contribution is 2.33. The van der Waals surface area contributed by atoms with Crippen molar-refractivity contribution in [2.45, 2.75) is 23.2 Å². The smallest absolute Gasteiger partial charge is 0.258 e. The van der Waals surface area contributed by atoms with Gasteiger partial charge in [0.2, 0.25) is 5.16 Å². The number of aryl methyl sites for hydroxylation is 1. The Bertz CT molecular complexity index is 845. The summed E-state index contributed by atoms with van der Waals surface area (Å²) >= 11 is 1.39. The van der Waals surface area contributed by atoms with Crippen molar-refractivity contribution in [1.29, 1.82) is 0 Å². The molecule has 4 rings (SSSR count). The number of benzene rings is 2. The molecule has 0 amide bonds. The molecule has 0 aliphatic heterocycles. The molecule has 0 unspecified atom stereocenters. The third-order valence-corrected chi connectivity index (χ3v) is 5.04. The molecule has 1 aliphatic rings. The third-order valence-electron chi connectivity index (χ3n) is 3.93. The zero-order valence-electron chi connectivity index (χ0n) is 12.3. The number of thioether (sulfide) groups is 1. The van der Waals surface area contributed by atoms with Crippen LogP contribution >= 0.6 is 11.8 Å². The molecule has 0 saturated carbocycles. The largest absolute Gasteiger partial charge is 0.333 e. The molecule has 23 heavy (non-hydrogen) atoms. The van der Waals surface area contributed by atoms with Crippen molar-refractivity contribution >= 4 is 17.5 Å². The molecule has 114 valence electrons. The van der Waals surface area contributed by atoms with Gasteiger partial charge in [0.05, 0.1) is 5.25 Å². The van der Waals surface area contributed by atoms with Gasteiger partial charge in [-0.25, -0.2) is 0 Å². The summed E-state index contributed by atoms with van der Waals surface area (Å²) < 4.78 is 5.30. The van der Waals surface area contributed by atoms with E-state index in [9.17, 15) is 4.79 Å². The van der Waals surface area contributed by atoms with Crippen LogP contribution < -0.4 is 0 Å². The maximum Gasteiger partial charge on any atom is 0.258 e. The summed E-state index contributed by atoms with van der Waals surface area (Å²) in [6, 6.07) is 17.4. The molecular formula is C18H14N2O2S. The van der Waals surface area contributed by atoms with E-state index in [0.29, 0.717) is 11.0 Å². The van der Waals surface area contributed by atoms with Crippen molar-refractivity contribution in [3.63, 3.8) is 0 Å². The van der Waals surface area contributed by atoms with Crippen LogP contribution in [0.3, 0.4) is 0 Å². The lowest BCUT2D eigenvalue weighted by Gasteiger charge is -2.21. The summed E-state index contributed by atoms with van der Waals surface area (Å²) in [5.41, 5.74) is 2.84. The van der Waals surface area contributed by atoms with Crippen molar-refractivity contribution < 1.29 is 9.32 Å². The number of carbonyl (C=O) groups excluding carboxylic acids is 1. The first-order valence-electron chi connectivity index (χ1n) is 7.49. The van der Waals surface area contributed by atoms with E-state index in [1.165, 1.54) is 11.8 Å². The second-order valence-electron chi connectivity index (χ2n) is 5.41. The Morgan fingerprint density at radius 3 is 2.70 bits per heavy atom. The van der Waals surface area contributed by atoms with E-state index in [2.05, 4.69) is 10.1 Å². The maximum absolute atomic E-state index is 12.6. The number of nitrogens with zero attached hydrogens (tertiary/aromatic N) is 2. The molecule has 4 nitrogen and oxygen atoms in total. The normalized spacial score (nSPS) is 17.0. The fourth-order valence-corrected chi connectivity index (χ4v) is 3.71. The van der Waals surface area contributed by atoms with Gasteiger partial charge in [0, 0.05) is 11.1 Å². The molecule has 1 aromatic heterocycles. The molecule has 2 aromatic carbocycles. The first kappa shape index (κ1) is 14.2. The fraction of sp³-hybridized carbons (Fsp3) is 0.167. The number of hydrogen-bond donors (Lipinski definition) is 0. The van der Waals surface area contributed by atoms with E-state index in [1.54, 1.807) is 0 Å². The predicted octanol–water partition coefficient (Wildman–Crippen LogP) is 4.03. The van der Waals surface area contributed by atoms with Crippen LogP contribution in [0, 0.1) is 0 Å². The molecule has 0 saturated heterocycles. The molecule has 1 heterocycles. The first-order valence-corrected chi connectivity index (χ1v) is 8.37.